The molecule has 1 heterocycles. The molecule has 112 valence electrons. The molecule has 0 radical (unpaired) electrons. The van der Waals surface area contributed by atoms with Gasteiger partial charge in [-0.05, 0) is 49.4 Å². The fourth-order valence-corrected chi connectivity index (χ4v) is 3.91. The average molecular weight is 301 g/mol. The van der Waals surface area contributed by atoms with Crippen molar-refractivity contribution in [1.82, 2.24) is 4.31 Å². The fourth-order valence-electron chi connectivity index (χ4n) is 2.46. The van der Waals surface area contributed by atoms with Crippen LogP contribution in [0.25, 0.3) is 0 Å². The summed E-state index contributed by atoms with van der Waals surface area (Å²) < 4.78 is 44.7. The molecule has 6 heteroatoms. The summed E-state index contributed by atoms with van der Waals surface area (Å²) in [6.07, 6.45) is 1.75. The molecule has 0 saturated carbocycles. The molecule has 0 bridgehead atoms. The third-order valence-corrected chi connectivity index (χ3v) is 5.66. The van der Waals surface area contributed by atoms with E-state index in [0.717, 1.165) is 12.8 Å². The maximum atomic E-state index is 13.1. The van der Waals surface area contributed by atoms with E-state index in [0.29, 0.717) is 31.2 Å². The van der Waals surface area contributed by atoms with Crippen LogP contribution < -0.4 is 0 Å². The zero-order valence-corrected chi connectivity index (χ0v) is 12.6. The summed E-state index contributed by atoms with van der Waals surface area (Å²) in [5.74, 6) is -0.0992. The molecule has 2 rings (SSSR count). The summed E-state index contributed by atoms with van der Waals surface area (Å²) in [5, 5.41) is 0. The van der Waals surface area contributed by atoms with Crippen LogP contribution in [0.3, 0.4) is 0 Å². The molecule has 1 aromatic rings. The maximum Gasteiger partial charge on any atom is 0.243 e. The molecule has 1 fully saturated rings. The second kappa shape index (κ2) is 6.20. The normalized spacial score (nSPS) is 17.6. The van der Waals surface area contributed by atoms with E-state index < -0.39 is 15.8 Å². The lowest BCUT2D eigenvalue weighted by Crippen LogP contribution is -2.34. The lowest BCUT2D eigenvalue weighted by Gasteiger charge is -2.27. The highest BCUT2D eigenvalue weighted by Crippen LogP contribution is 2.23. The Morgan fingerprint density at radius 3 is 2.60 bits per heavy atom. The number of halogens is 1. The summed E-state index contributed by atoms with van der Waals surface area (Å²) in [4.78, 5) is 0.174. The minimum atomic E-state index is -3.56. The van der Waals surface area contributed by atoms with E-state index in [1.807, 2.05) is 0 Å². The molecule has 0 atom stereocenters. The molecule has 0 aromatic heterocycles. The molecular weight excluding hydrogens is 281 g/mol. The van der Waals surface area contributed by atoms with Crippen LogP contribution >= 0.6 is 0 Å². The van der Waals surface area contributed by atoms with Crippen molar-refractivity contribution in [3.05, 3.63) is 29.6 Å². The van der Waals surface area contributed by atoms with Gasteiger partial charge in [0.05, 0.1) is 4.90 Å². The van der Waals surface area contributed by atoms with Crippen molar-refractivity contribution >= 4 is 10.0 Å². The third kappa shape index (κ3) is 3.37. The van der Waals surface area contributed by atoms with Crippen LogP contribution in [0.1, 0.15) is 18.4 Å². The Bertz CT molecular complexity index is 568. The smallest absolute Gasteiger partial charge is 0.243 e. The Morgan fingerprint density at radius 1 is 1.35 bits per heavy atom. The number of ether oxygens (including phenoxy) is 1. The molecule has 0 N–H and O–H groups in total. The van der Waals surface area contributed by atoms with Crippen molar-refractivity contribution in [2.45, 2.75) is 24.7 Å². The quantitative estimate of drug-likeness (QED) is 0.856. The van der Waals surface area contributed by atoms with Gasteiger partial charge in [0.2, 0.25) is 10.0 Å². The van der Waals surface area contributed by atoms with Crippen LogP contribution in [0.4, 0.5) is 4.39 Å². The highest BCUT2D eigenvalue weighted by Gasteiger charge is 2.26. The van der Waals surface area contributed by atoms with Gasteiger partial charge >= 0.3 is 0 Å². The van der Waals surface area contributed by atoms with Gasteiger partial charge in [-0.3, -0.25) is 0 Å². The Balaban J connectivity index is 2.16. The highest BCUT2D eigenvalue weighted by atomic mass is 32.2. The predicted molar refractivity (Wildman–Crippen MR) is 74.5 cm³/mol. The van der Waals surface area contributed by atoms with Gasteiger partial charge < -0.3 is 4.74 Å². The predicted octanol–water partition coefficient (Wildman–Crippen LogP) is 2.18. The topological polar surface area (TPSA) is 46.6 Å². The van der Waals surface area contributed by atoms with Gasteiger partial charge in [-0.25, -0.2) is 17.1 Å². The summed E-state index contributed by atoms with van der Waals surface area (Å²) in [6, 6.07) is 3.76. The lowest BCUT2D eigenvalue weighted by atomic mass is 10.0. The summed E-state index contributed by atoms with van der Waals surface area (Å²) >= 11 is 0. The number of rotatable bonds is 4. The second-order valence-corrected chi connectivity index (χ2v) is 7.26. The molecule has 0 aliphatic carbocycles. The Kier molecular flexibility index (Phi) is 4.78. The number of sulfonamides is 1. The number of aryl methyl sites for hydroxylation is 1. The second-order valence-electron chi connectivity index (χ2n) is 5.25. The SMILES string of the molecule is Cc1cc(F)ccc1S(=O)(=O)N(C)CC1CCOCC1. The van der Waals surface area contributed by atoms with Gasteiger partial charge in [0, 0.05) is 26.8 Å². The molecule has 20 heavy (non-hydrogen) atoms. The largest absolute Gasteiger partial charge is 0.381 e. The van der Waals surface area contributed by atoms with Crippen LogP contribution in [-0.2, 0) is 14.8 Å². The summed E-state index contributed by atoms with van der Waals surface area (Å²) in [6.45, 7) is 3.46. The number of hydrogen-bond acceptors (Lipinski definition) is 3. The summed E-state index contributed by atoms with van der Waals surface area (Å²) in [5.41, 5.74) is 0.434. The number of nitrogens with zero attached hydrogens (tertiary/aromatic N) is 1. The summed E-state index contributed by atoms with van der Waals surface area (Å²) in [7, 11) is -1.98. The number of hydrogen-bond donors (Lipinski definition) is 0. The lowest BCUT2D eigenvalue weighted by molar-refractivity contribution is 0.0620. The van der Waals surface area contributed by atoms with E-state index in [9.17, 15) is 12.8 Å². The van der Waals surface area contributed by atoms with Crippen molar-refractivity contribution in [3.8, 4) is 0 Å². The van der Waals surface area contributed by atoms with E-state index in [2.05, 4.69) is 0 Å². The average Bonchev–Trinajstić information content (AvgIpc) is 2.39. The van der Waals surface area contributed by atoms with Crippen LogP contribution in [0.5, 0.6) is 0 Å². The maximum absolute atomic E-state index is 13.1. The Hall–Kier alpha value is -0.980. The first kappa shape index (κ1) is 15.4. The molecule has 1 saturated heterocycles. The van der Waals surface area contributed by atoms with Crippen LogP contribution in [-0.4, -0.2) is 39.5 Å². The van der Waals surface area contributed by atoms with Gasteiger partial charge in [0.15, 0.2) is 0 Å². The van der Waals surface area contributed by atoms with E-state index in [4.69, 9.17) is 4.74 Å². The number of benzene rings is 1. The molecule has 0 spiro atoms. The minimum absolute atomic E-state index is 0.174. The molecule has 1 aromatic carbocycles. The minimum Gasteiger partial charge on any atom is -0.381 e. The zero-order valence-electron chi connectivity index (χ0n) is 11.8. The van der Waals surface area contributed by atoms with E-state index in [-0.39, 0.29) is 4.90 Å². The molecule has 1 aliphatic heterocycles. The Morgan fingerprint density at radius 2 is 2.00 bits per heavy atom. The molecule has 1 aliphatic rings. The first-order valence-corrected chi connectivity index (χ1v) is 8.15. The first-order chi connectivity index (χ1) is 9.41. The van der Waals surface area contributed by atoms with Crippen LogP contribution in [0, 0.1) is 18.7 Å². The van der Waals surface area contributed by atoms with Crippen molar-refractivity contribution < 1.29 is 17.5 Å². The molecule has 0 unspecified atom stereocenters. The van der Waals surface area contributed by atoms with Crippen molar-refractivity contribution in [2.24, 2.45) is 5.92 Å². The van der Waals surface area contributed by atoms with E-state index in [1.54, 1.807) is 14.0 Å². The zero-order chi connectivity index (χ0) is 14.8. The third-order valence-electron chi connectivity index (χ3n) is 3.68. The van der Waals surface area contributed by atoms with Gasteiger partial charge in [0.25, 0.3) is 0 Å². The molecule has 0 amide bonds. The van der Waals surface area contributed by atoms with Gasteiger partial charge in [-0.15, -0.1) is 0 Å². The van der Waals surface area contributed by atoms with Gasteiger partial charge in [-0.2, -0.15) is 0 Å². The standard InChI is InChI=1S/C14H20FNO3S/c1-11-9-13(15)3-4-14(11)20(17,18)16(2)10-12-5-7-19-8-6-12/h3-4,9,12H,5-8,10H2,1-2H3. The van der Waals surface area contributed by atoms with Crippen molar-refractivity contribution in [3.63, 3.8) is 0 Å². The van der Waals surface area contributed by atoms with Gasteiger partial charge in [-0.1, -0.05) is 0 Å². The first-order valence-electron chi connectivity index (χ1n) is 6.71. The van der Waals surface area contributed by atoms with Gasteiger partial charge in [0.1, 0.15) is 5.82 Å². The van der Waals surface area contributed by atoms with E-state index in [1.165, 1.54) is 22.5 Å². The van der Waals surface area contributed by atoms with Crippen LogP contribution in [0.2, 0.25) is 0 Å². The highest BCUT2D eigenvalue weighted by molar-refractivity contribution is 7.89. The van der Waals surface area contributed by atoms with Crippen molar-refractivity contribution in [2.75, 3.05) is 26.8 Å². The molecule has 4 nitrogen and oxygen atoms in total. The fraction of sp³-hybridized carbons (Fsp3) is 0.571. The monoisotopic (exact) mass is 301 g/mol. The van der Waals surface area contributed by atoms with Crippen LogP contribution in [0.15, 0.2) is 23.1 Å². The van der Waals surface area contributed by atoms with E-state index >= 15 is 0 Å². The van der Waals surface area contributed by atoms with Crippen molar-refractivity contribution in [1.29, 1.82) is 0 Å². The molecular formula is C14H20FNO3S. The Labute approximate surface area is 119 Å².